The molecule has 0 amide bonds. The Bertz CT molecular complexity index is 1100. The number of halogens is 3. The quantitative estimate of drug-likeness (QED) is 0.644. The molecule has 1 saturated heterocycles. The van der Waals surface area contributed by atoms with Gasteiger partial charge in [-0.1, -0.05) is 6.92 Å². The largest absolute Gasteiger partial charge is 0.433 e. The van der Waals surface area contributed by atoms with Crippen molar-refractivity contribution in [2.75, 3.05) is 13.1 Å². The normalized spacial score (nSPS) is 17.3. The van der Waals surface area contributed by atoms with Gasteiger partial charge in [0.05, 0.1) is 5.39 Å². The lowest BCUT2D eigenvalue weighted by Gasteiger charge is -2.32. The number of hydrogen-bond acceptors (Lipinski definition) is 4. The van der Waals surface area contributed by atoms with Crippen LogP contribution in [0.1, 0.15) is 61.9 Å². The van der Waals surface area contributed by atoms with Crippen LogP contribution < -0.4 is 5.56 Å². The number of rotatable bonds is 5. The molecule has 0 bridgehead atoms. The van der Waals surface area contributed by atoms with Crippen LogP contribution in [0.15, 0.2) is 35.4 Å². The summed E-state index contributed by atoms with van der Waals surface area (Å²) >= 11 is 0. The first-order valence-corrected chi connectivity index (χ1v) is 10.6. The van der Waals surface area contributed by atoms with E-state index in [9.17, 15) is 18.0 Å². The number of alkyl halides is 3. The second kappa shape index (κ2) is 8.45. The number of aromatic amines is 1. The molecule has 1 fully saturated rings. The van der Waals surface area contributed by atoms with Crippen molar-refractivity contribution in [1.29, 1.82) is 0 Å². The SMILES string of the molecule is CC[C@@H](C)n1[nH]c(=O)c2c(C3CCN(Cc4ccncc4)CC3)cc(C(F)(F)F)nc21. The number of fused-ring (bicyclic) bond motifs is 1. The molecule has 0 aromatic carbocycles. The van der Waals surface area contributed by atoms with Crippen LogP contribution in [0, 0.1) is 0 Å². The molecular formula is C22H26F3N5O. The molecule has 0 aliphatic carbocycles. The van der Waals surface area contributed by atoms with Gasteiger partial charge in [-0.25, -0.2) is 4.98 Å². The third-order valence-corrected chi connectivity index (χ3v) is 6.21. The average molecular weight is 433 g/mol. The van der Waals surface area contributed by atoms with Crippen LogP contribution >= 0.6 is 0 Å². The zero-order chi connectivity index (χ0) is 22.2. The molecule has 1 atom stereocenters. The number of aromatic nitrogens is 4. The Morgan fingerprint density at radius 3 is 2.52 bits per heavy atom. The maximum atomic E-state index is 13.6. The average Bonchev–Trinajstić information content (AvgIpc) is 3.10. The third kappa shape index (κ3) is 4.37. The highest BCUT2D eigenvalue weighted by Gasteiger charge is 2.36. The van der Waals surface area contributed by atoms with E-state index in [1.54, 1.807) is 12.4 Å². The molecule has 166 valence electrons. The van der Waals surface area contributed by atoms with Gasteiger partial charge in [0.25, 0.3) is 5.56 Å². The summed E-state index contributed by atoms with van der Waals surface area (Å²) in [5, 5.41) is 3.01. The van der Waals surface area contributed by atoms with E-state index in [0.717, 1.165) is 31.3 Å². The molecule has 0 saturated carbocycles. The first-order chi connectivity index (χ1) is 14.8. The standard InChI is InChI=1S/C22H26F3N5O/c1-3-14(2)30-20-19(21(31)28-30)17(12-18(27-20)22(23,24)25)16-6-10-29(11-7-16)13-15-4-8-26-9-5-15/h4-5,8-9,12,14,16H,3,6-7,10-11,13H2,1-2H3,(H,28,31)/t14-/m1/s1. The molecule has 4 heterocycles. The topological polar surface area (TPSA) is 66.8 Å². The van der Waals surface area contributed by atoms with Crippen LogP contribution in [0.5, 0.6) is 0 Å². The van der Waals surface area contributed by atoms with E-state index in [-0.39, 0.29) is 23.2 Å². The summed E-state index contributed by atoms with van der Waals surface area (Å²) in [6, 6.07) is 4.86. The van der Waals surface area contributed by atoms with Crippen molar-refractivity contribution in [3.8, 4) is 0 Å². The molecule has 9 heteroatoms. The maximum Gasteiger partial charge on any atom is 0.433 e. The minimum atomic E-state index is -4.57. The predicted molar refractivity (Wildman–Crippen MR) is 112 cm³/mol. The van der Waals surface area contributed by atoms with Gasteiger partial charge in [-0.2, -0.15) is 13.2 Å². The molecular weight excluding hydrogens is 407 g/mol. The molecule has 3 aromatic heterocycles. The van der Waals surface area contributed by atoms with Crippen LogP contribution in [0.2, 0.25) is 0 Å². The second-order valence-corrected chi connectivity index (χ2v) is 8.27. The molecule has 0 radical (unpaired) electrons. The van der Waals surface area contributed by atoms with Crippen LogP contribution in [-0.4, -0.2) is 37.7 Å². The zero-order valence-corrected chi connectivity index (χ0v) is 17.6. The molecule has 1 aliphatic rings. The van der Waals surface area contributed by atoms with Crippen LogP contribution in [0.4, 0.5) is 13.2 Å². The fourth-order valence-corrected chi connectivity index (χ4v) is 4.29. The van der Waals surface area contributed by atoms with Crippen LogP contribution in [0.3, 0.4) is 0 Å². The number of piperidine rings is 1. The lowest BCUT2D eigenvalue weighted by Crippen LogP contribution is -2.32. The molecule has 3 aromatic rings. The summed E-state index contributed by atoms with van der Waals surface area (Å²) in [4.78, 5) is 22.9. The second-order valence-electron chi connectivity index (χ2n) is 8.27. The fourth-order valence-electron chi connectivity index (χ4n) is 4.29. The van der Waals surface area contributed by atoms with Crippen molar-refractivity contribution < 1.29 is 13.2 Å². The van der Waals surface area contributed by atoms with Crippen molar-refractivity contribution in [1.82, 2.24) is 24.6 Å². The van der Waals surface area contributed by atoms with Crippen molar-refractivity contribution in [2.24, 2.45) is 0 Å². The van der Waals surface area contributed by atoms with Gasteiger partial charge in [0.15, 0.2) is 5.65 Å². The van der Waals surface area contributed by atoms with Gasteiger partial charge in [0, 0.05) is 25.0 Å². The molecule has 0 unspecified atom stereocenters. The lowest BCUT2D eigenvalue weighted by molar-refractivity contribution is -0.141. The van der Waals surface area contributed by atoms with Crippen molar-refractivity contribution in [3.05, 3.63) is 57.8 Å². The van der Waals surface area contributed by atoms with E-state index in [0.29, 0.717) is 30.2 Å². The number of H-pyrrole nitrogens is 1. The highest BCUT2D eigenvalue weighted by Crippen LogP contribution is 2.37. The number of likely N-dealkylation sites (tertiary alicyclic amines) is 1. The summed E-state index contributed by atoms with van der Waals surface area (Å²) in [7, 11) is 0. The third-order valence-electron chi connectivity index (χ3n) is 6.21. The minimum absolute atomic E-state index is 0.100. The first kappa shape index (κ1) is 21.5. The van der Waals surface area contributed by atoms with Gasteiger partial charge in [0.2, 0.25) is 0 Å². The fraction of sp³-hybridized carbons (Fsp3) is 0.500. The Labute approximate surface area is 178 Å². The van der Waals surface area contributed by atoms with Crippen molar-refractivity contribution in [2.45, 2.75) is 57.8 Å². The summed E-state index contributed by atoms with van der Waals surface area (Å²) < 4.78 is 42.3. The van der Waals surface area contributed by atoms with E-state index in [4.69, 9.17) is 0 Å². The van der Waals surface area contributed by atoms with Crippen molar-refractivity contribution in [3.63, 3.8) is 0 Å². The molecule has 4 rings (SSSR count). The van der Waals surface area contributed by atoms with Gasteiger partial charge in [-0.15, -0.1) is 0 Å². The summed E-state index contributed by atoms with van der Waals surface area (Å²) in [6.45, 7) is 6.06. The zero-order valence-electron chi connectivity index (χ0n) is 17.6. The van der Waals surface area contributed by atoms with Gasteiger partial charge in [-0.3, -0.25) is 24.5 Å². The molecule has 6 nitrogen and oxygen atoms in total. The number of hydrogen-bond donors (Lipinski definition) is 1. The van der Waals surface area contributed by atoms with Gasteiger partial charge in [-0.05, 0) is 74.5 Å². The number of nitrogens with zero attached hydrogens (tertiary/aromatic N) is 4. The van der Waals surface area contributed by atoms with E-state index in [2.05, 4.69) is 20.0 Å². The first-order valence-electron chi connectivity index (χ1n) is 10.6. The monoisotopic (exact) mass is 433 g/mol. The predicted octanol–water partition coefficient (Wildman–Crippen LogP) is 4.49. The van der Waals surface area contributed by atoms with Crippen molar-refractivity contribution >= 4 is 11.0 Å². The lowest BCUT2D eigenvalue weighted by atomic mass is 9.87. The number of pyridine rings is 2. The smallest absolute Gasteiger partial charge is 0.299 e. The Morgan fingerprint density at radius 2 is 1.90 bits per heavy atom. The Hall–Kier alpha value is -2.68. The van der Waals surface area contributed by atoms with E-state index in [1.807, 2.05) is 26.0 Å². The Kier molecular flexibility index (Phi) is 5.88. The molecule has 31 heavy (non-hydrogen) atoms. The van der Waals surface area contributed by atoms with Crippen LogP contribution in [0.25, 0.3) is 11.0 Å². The van der Waals surface area contributed by atoms with E-state index < -0.39 is 11.9 Å². The van der Waals surface area contributed by atoms with Gasteiger partial charge in [0.1, 0.15) is 5.69 Å². The molecule has 1 aliphatic heterocycles. The van der Waals surface area contributed by atoms with Gasteiger partial charge < -0.3 is 0 Å². The van der Waals surface area contributed by atoms with E-state index >= 15 is 0 Å². The number of nitrogens with one attached hydrogen (secondary N) is 1. The molecule has 1 N–H and O–H groups in total. The maximum absolute atomic E-state index is 13.6. The highest BCUT2D eigenvalue weighted by atomic mass is 19.4. The highest BCUT2D eigenvalue weighted by molar-refractivity contribution is 5.80. The summed E-state index contributed by atoms with van der Waals surface area (Å²) in [6.07, 6.45) is 0.981. The minimum Gasteiger partial charge on any atom is -0.299 e. The molecule has 0 spiro atoms. The Morgan fingerprint density at radius 1 is 1.23 bits per heavy atom. The Balaban J connectivity index is 1.67. The summed E-state index contributed by atoms with van der Waals surface area (Å²) in [5.74, 6) is -0.117. The van der Waals surface area contributed by atoms with Crippen LogP contribution in [-0.2, 0) is 12.7 Å². The van der Waals surface area contributed by atoms with E-state index in [1.165, 1.54) is 4.68 Å². The van der Waals surface area contributed by atoms with Gasteiger partial charge >= 0.3 is 6.18 Å². The summed E-state index contributed by atoms with van der Waals surface area (Å²) in [5.41, 5.74) is 0.407.